The summed E-state index contributed by atoms with van der Waals surface area (Å²) >= 11 is 0. The Balaban J connectivity index is 1.48. The highest BCUT2D eigenvalue weighted by Crippen LogP contribution is 2.62. The summed E-state index contributed by atoms with van der Waals surface area (Å²) in [6, 6.07) is 4.67. The lowest BCUT2D eigenvalue weighted by Gasteiger charge is -2.56. The van der Waals surface area contributed by atoms with Gasteiger partial charge in [-0.3, -0.25) is 4.79 Å². The van der Waals surface area contributed by atoms with E-state index in [1.54, 1.807) is 7.11 Å². The van der Waals surface area contributed by atoms with E-state index in [1.165, 1.54) is 18.2 Å². The SMILES string of the molecule is COCOc1ccc2c3c1O[C@H]1[C@@H](OCCCC(=O)OC)C=C[C@H]4[C@@H](C2)N(C)CC[C@@]341. The summed E-state index contributed by atoms with van der Waals surface area (Å²) in [5, 5.41) is 0. The Morgan fingerprint density at radius 3 is 2.97 bits per heavy atom. The topological polar surface area (TPSA) is 66.5 Å². The van der Waals surface area contributed by atoms with Gasteiger partial charge in [-0.1, -0.05) is 18.2 Å². The molecule has 2 bridgehead atoms. The zero-order valence-corrected chi connectivity index (χ0v) is 18.5. The summed E-state index contributed by atoms with van der Waals surface area (Å²) in [6.45, 7) is 1.71. The van der Waals surface area contributed by atoms with Gasteiger partial charge in [-0.15, -0.1) is 0 Å². The summed E-state index contributed by atoms with van der Waals surface area (Å²) in [4.78, 5) is 13.9. The van der Waals surface area contributed by atoms with E-state index in [1.807, 2.05) is 6.07 Å². The summed E-state index contributed by atoms with van der Waals surface area (Å²) in [7, 11) is 5.26. The van der Waals surface area contributed by atoms with Crippen LogP contribution in [0.2, 0.25) is 0 Å². The molecule has 7 heteroatoms. The quantitative estimate of drug-likeness (QED) is 0.272. The molecule has 1 saturated heterocycles. The number of nitrogens with zero attached hydrogens (tertiary/aromatic N) is 1. The minimum Gasteiger partial charge on any atom is -0.482 e. The second kappa shape index (κ2) is 8.11. The van der Waals surface area contributed by atoms with E-state index in [9.17, 15) is 4.79 Å². The molecule has 2 heterocycles. The highest BCUT2D eigenvalue weighted by molar-refractivity contribution is 5.69. The lowest BCUT2D eigenvalue weighted by Crippen LogP contribution is -2.65. The molecule has 1 spiro atoms. The average molecular weight is 430 g/mol. The van der Waals surface area contributed by atoms with E-state index in [0.29, 0.717) is 31.4 Å². The molecule has 5 atom stereocenters. The van der Waals surface area contributed by atoms with Crippen molar-refractivity contribution in [2.75, 3.05) is 41.2 Å². The Kier molecular flexibility index (Phi) is 5.44. The first kappa shape index (κ1) is 20.8. The minimum atomic E-state index is -0.207. The molecular weight excluding hydrogens is 398 g/mol. The van der Waals surface area contributed by atoms with Crippen LogP contribution in [0, 0.1) is 5.92 Å². The van der Waals surface area contributed by atoms with Gasteiger partial charge in [0, 0.05) is 43.1 Å². The number of likely N-dealkylation sites (tertiary alicyclic amines) is 1. The number of likely N-dealkylation sites (N-methyl/N-ethyl adjacent to an activating group) is 1. The van der Waals surface area contributed by atoms with Gasteiger partial charge in [-0.05, 0) is 44.5 Å². The second-order valence-electron chi connectivity index (χ2n) is 8.98. The van der Waals surface area contributed by atoms with E-state index < -0.39 is 0 Å². The van der Waals surface area contributed by atoms with Gasteiger partial charge in [0.1, 0.15) is 12.2 Å². The molecule has 2 aliphatic heterocycles. The summed E-state index contributed by atoms with van der Waals surface area (Å²) in [5.74, 6) is 1.78. The molecule has 1 aromatic rings. The van der Waals surface area contributed by atoms with Gasteiger partial charge < -0.3 is 28.6 Å². The largest absolute Gasteiger partial charge is 0.482 e. The van der Waals surface area contributed by atoms with Crippen LogP contribution in [-0.2, 0) is 30.8 Å². The highest BCUT2D eigenvalue weighted by Gasteiger charge is 2.64. The summed E-state index contributed by atoms with van der Waals surface area (Å²) < 4.78 is 28.7. The van der Waals surface area contributed by atoms with Crippen molar-refractivity contribution in [2.45, 2.75) is 49.3 Å². The molecule has 0 amide bonds. The molecule has 1 aromatic carbocycles. The van der Waals surface area contributed by atoms with Crippen molar-refractivity contribution in [3.8, 4) is 11.5 Å². The number of carbonyl (C=O) groups excluding carboxylic acids is 1. The Morgan fingerprint density at radius 1 is 1.29 bits per heavy atom. The predicted octanol–water partition coefficient (Wildman–Crippen LogP) is 2.45. The number of carbonyl (C=O) groups is 1. The van der Waals surface area contributed by atoms with Crippen molar-refractivity contribution in [1.29, 1.82) is 0 Å². The number of ether oxygens (including phenoxy) is 5. The third-order valence-corrected chi connectivity index (χ3v) is 7.51. The van der Waals surface area contributed by atoms with Crippen LogP contribution in [0.5, 0.6) is 11.5 Å². The van der Waals surface area contributed by atoms with Gasteiger partial charge in [-0.25, -0.2) is 0 Å². The Hall–Kier alpha value is -2.09. The highest BCUT2D eigenvalue weighted by atomic mass is 16.7. The molecule has 0 saturated carbocycles. The van der Waals surface area contributed by atoms with Crippen LogP contribution >= 0.6 is 0 Å². The molecule has 7 nitrogen and oxygen atoms in total. The van der Waals surface area contributed by atoms with Crippen LogP contribution in [0.1, 0.15) is 30.4 Å². The third kappa shape index (κ3) is 3.17. The van der Waals surface area contributed by atoms with Crippen LogP contribution < -0.4 is 9.47 Å². The molecule has 0 aromatic heterocycles. The van der Waals surface area contributed by atoms with E-state index in [4.69, 9.17) is 23.7 Å². The first-order valence-corrected chi connectivity index (χ1v) is 11.1. The molecule has 0 radical (unpaired) electrons. The monoisotopic (exact) mass is 429 g/mol. The van der Waals surface area contributed by atoms with Crippen molar-refractivity contribution < 1.29 is 28.5 Å². The van der Waals surface area contributed by atoms with Crippen molar-refractivity contribution in [1.82, 2.24) is 4.90 Å². The van der Waals surface area contributed by atoms with Gasteiger partial charge in [0.15, 0.2) is 18.3 Å². The second-order valence-corrected chi connectivity index (χ2v) is 8.98. The molecule has 0 N–H and O–H groups in total. The van der Waals surface area contributed by atoms with Gasteiger partial charge in [0.2, 0.25) is 0 Å². The number of hydrogen-bond donors (Lipinski definition) is 0. The summed E-state index contributed by atoms with van der Waals surface area (Å²) in [6.07, 6.45) is 7.29. The van der Waals surface area contributed by atoms with Gasteiger partial charge in [-0.2, -0.15) is 0 Å². The minimum absolute atomic E-state index is 0.0989. The molecule has 4 aliphatic rings. The van der Waals surface area contributed by atoms with E-state index in [-0.39, 0.29) is 30.4 Å². The van der Waals surface area contributed by atoms with Gasteiger partial charge in [0.05, 0.1) is 7.11 Å². The van der Waals surface area contributed by atoms with Crippen molar-refractivity contribution in [3.05, 3.63) is 35.4 Å². The maximum absolute atomic E-state index is 11.4. The van der Waals surface area contributed by atoms with E-state index in [0.717, 1.165) is 30.9 Å². The smallest absolute Gasteiger partial charge is 0.305 e. The first-order chi connectivity index (χ1) is 15.1. The molecule has 5 rings (SSSR count). The first-order valence-electron chi connectivity index (χ1n) is 11.1. The number of piperidine rings is 1. The number of rotatable bonds is 8. The van der Waals surface area contributed by atoms with Crippen molar-refractivity contribution in [3.63, 3.8) is 0 Å². The van der Waals surface area contributed by atoms with Crippen molar-refractivity contribution >= 4 is 5.97 Å². The Morgan fingerprint density at radius 2 is 2.16 bits per heavy atom. The number of benzene rings is 1. The molecular formula is C24H31NO6. The molecule has 1 fully saturated rings. The van der Waals surface area contributed by atoms with E-state index >= 15 is 0 Å². The molecule has 2 aliphatic carbocycles. The zero-order valence-electron chi connectivity index (χ0n) is 18.5. The molecule has 168 valence electrons. The lowest BCUT2D eigenvalue weighted by atomic mass is 9.53. The third-order valence-electron chi connectivity index (χ3n) is 7.51. The van der Waals surface area contributed by atoms with E-state index in [2.05, 4.69) is 30.2 Å². The molecule has 0 unspecified atom stereocenters. The zero-order chi connectivity index (χ0) is 21.6. The van der Waals surface area contributed by atoms with Crippen LogP contribution in [-0.4, -0.2) is 70.3 Å². The fourth-order valence-electron chi connectivity index (χ4n) is 6.13. The van der Waals surface area contributed by atoms with Crippen LogP contribution in [0.25, 0.3) is 0 Å². The maximum Gasteiger partial charge on any atom is 0.305 e. The fourth-order valence-corrected chi connectivity index (χ4v) is 6.13. The average Bonchev–Trinajstić information content (AvgIpc) is 3.14. The lowest BCUT2D eigenvalue weighted by molar-refractivity contribution is -0.141. The Bertz CT molecular complexity index is 885. The van der Waals surface area contributed by atoms with Gasteiger partial charge in [0.25, 0.3) is 0 Å². The van der Waals surface area contributed by atoms with Crippen LogP contribution in [0.4, 0.5) is 0 Å². The Labute approximate surface area is 183 Å². The normalized spacial score (nSPS) is 32.4. The van der Waals surface area contributed by atoms with Crippen LogP contribution in [0.3, 0.4) is 0 Å². The number of esters is 1. The summed E-state index contributed by atoms with van der Waals surface area (Å²) in [5.41, 5.74) is 2.57. The fraction of sp³-hybridized carbons (Fsp3) is 0.625. The number of hydrogen-bond acceptors (Lipinski definition) is 7. The number of methoxy groups -OCH3 is 2. The maximum atomic E-state index is 11.4. The predicted molar refractivity (Wildman–Crippen MR) is 113 cm³/mol. The standard InChI is InChI=1S/C24H31NO6/c1-25-11-10-24-16-7-9-19(29-12-4-5-20(26)28-3)23(24)31-22-18(30-14-27-2)8-6-15(21(22)24)13-17(16)25/h6-9,16-17,19,23H,4-5,10-14H2,1-3H3/t16-,17+,19-,23-,24-/m0/s1. The van der Waals surface area contributed by atoms with Crippen LogP contribution in [0.15, 0.2) is 24.3 Å². The van der Waals surface area contributed by atoms with Crippen molar-refractivity contribution in [2.24, 2.45) is 5.92 Å². The molecule has 31 heavy (non-hydrogen) atoms. The van der Waals surface area contributed by atoms with Gasteiger partial charge >= 0.3 is 5.97 Å².